The Bertz CT molecular complexity index is 1030. The molecule has 0 bridgehead atoms. The van der Waals surface area contributed by atoms with Crippen LogP contribution < -0.4 is 4.74 Å². The molecule has 2 aliphatic heterocycles. The van der Waals surface area contributed by atoms with Gasteiger partial charge in [0, 0.05) is 32.6 Å². The van der Waals surface area contributed by atoms with Crippen molar-refractivity contribution in [3.63, 3.8) is 0 Å². The van der Waals surface area contributed by atoms with Gasteiger partial charge in [0.05, 0.1) is 25.2 Å². The van der Waals surface area contributed by atoms with E-state index in [4.69, 9.17) is 9.47 Å². The third-order valence-electron chi connectivity index (χ3n) is 5.94. The molecule has 0 aromatic heterocycles. The van der Waals surface area contributed by atoms with Crippen LogP contribution in [0.5, 0.6) is 5.75 Å². The van der Waals surface area contributed by atoms with Crippen LogP contribution in [0.15, 0.2) is 47.4 Å². The highest BCUT2D eigenvalue weighted by atomic mass is 32.2. The summed E-state index contributed by atoms with van der Waals surface area (Å²) in [4.78, 5) is 14.9. The number of hydrogen-bond acceptors (Lipinski definition) is 5. The number of methoxy groups -OCH3 is 1. The summed E-state index contributed by atoms with van der Waals surface area (Å²) in [7, 11) is -1.85. The third kappa shape index (κ3) is 4.92. The van der Waals surface area contributed by atoms with E-state index in [2.05, 4.69) is 6.07 Å². The predicted molar refractivity (Wildman–Crippen MR) is 116 cm³/mol. The number of benzene rings is 2. The molecule has 0 unspecified atom stereocenters. The van der Waals surface area contributed by atoms with Gasteiger partial charge in [-0.2, -0.15) is 4.31 Å². The summed E-state index contributed by atoms with van der Waals surface area (Å²) in [5, 5.41) is 0. The molecular weight excluding hydrogens is 416 g/mol. The maximum atomic E-state index is 12.7. The van der Waals surface area contributed by atoms with Crippen LogP contribution >= 0.6 is 0 Å². The van der Waals surface area contributed by atoms with Crippen molar-refractivity contribution in [1.82, 2.24) is 9.21 Å². The first kappa shape index (κ1) is 21.8. The first-order valence-corrected chi connectivity index (χ1v) is 12.0. The molecule has 0 N–H and O–H groups in total. The zero-order valence-corrected chi connectivity index (χ0v) is 18.6. The molecule has 4 rings (SSSR count). The van der Waals surface area contributed by atoms with Crippen molar-refractivity contribution in [2.45, 2.75) is 30.7 Å². The van der Waals surface area contributed by atoms with Crippen molar-refractivity contribution in [2.75, 3.05) is 40.0 Å². The molecule has 1 fully saturated rings. The number of nitrogens with zero attached hydrogens (tertiary/aromatic N) is 2. The molecule has 31 heavy (non-hydrogen) atoms. The summed E-state index contributed by atoms with van der Waals surface area (Å²) in [5.74, 6) is 0.915. The predicted octanol–water partition coefficient (Wildman–Crippen LogP) is 2.23. The summed E-state index contributed by atoms with van der Waals surface area (Å²) in [6.07, 6.45) is 1.83. The van der Waals surface area contributed by atoms with Gasteiger partial charge in [0.1, 0.15) is 5.75 Å². The van der Waals surface area contributed by atoms with Gasteiger partial charge in [0.25, 0.3) is 0 Å². The number of sulfonamides is 1. The van der Waals surface area contributed by atoms with Crippen LogP contribution in [-0.4, -0.2) is 63.5 Å². The molecule has 2 aliphatic rings. The summed E-state index contributed by atoms with van der Waals surface area (Å²) < 4.78 is 37.4. The summed E-state index contributed by atoms with van der Waals surface area (Å²) >= 11 is 0. The van der Waals surface area contributed by atoms with Crippen molar-refractivity contribution in [3.05, 3.63) is 59.2 Å². The van der Waals surface area contributed by atoms with E-state index in [0.717, 1.165) is 29.8 Å². The van der Waals surface area contributed by atoms with Crippen LogP contribution in [0.25, 0.3) is 0 Å². The Morgan fingerprint density at radius 2 is 1.77 bits per heavy atom. The van der Waals surface area contributed by atoms with E-state index in [1.807, 2.05) is 17.0 Å². The zero-order valence-electron chi connectivity index (χ0n) is 17.7. The smallest absolute Gasteiger partial charge is 0.243 e. The Labute approximate surface area is 183 Å². The summed E-state index contributed by atoms with van der Waals surface area (Å²) in [6, 6.07) is 12.9. The lowest BCUT2D eigenvalue weighted by Gasteiger charge is -2.29. The summed E-state index contributed by atoms with van der Waals surface area (Å²) in [6.45, 7) is 2.92. The lowest BCUT2D eigenvalue weighted by atomic mass is 9.99. The van der Waals surface area contributed by atoms with Crippen LogP contribution in [0.4, 0.5) is 0 Å². The fourth-order valence-corrected chi connectivity index (χ4v) is 5.45. The Kier molecular flexibility index (Phi) is 6.60. The van der Waals surface area contributed by atoms with Gasteiger partial charge in [-0.1, -0.05) is 18.2 Å². The topological polar surface area (TPSA) is 76.2 Å². The number of carbonyl (C=O) groups is 1. The largest absolute Gasteiger partial charge is 0.497 e. The van der Waals surface area contributed by atoms with Crippen molar-refractivity contribution >= 4 is 15.9 Å². The first-order chi connectivity index (χ1) is 15.0. The van der Waals surface area contributed by atoms with Crippen LogP contribution in [0.1, 0.15) is 23.1 Å². The first-order valence-electron chi connectivity index (χ1n) is 10.6. The van der Waals surface area contributed by atoms with E-state index in [-0.39, 0.29) is 10.8 Å². The monoisotopic (exact) mass is 444 g/mol. The normalized spacial score (nSPS) is 17.3. The van der Waals surface area contributed by atoms with Gasteiger partial charge in [-0.3, -0.25) is 4.79 Å². The Morgan fingerprint density at radius 3 is 2.48 bits per heavy atom. The maximum absolute atomic E-state index is 12.7. The van der Waals surface area contributed by atoms with Crippen LogP contribution in [0, 0.1) is 0 Å². The van der Waals surface area contributed by atoms with Gasteiger partial charge >= 0.3 is 0 Å². The van der Waals surface area contributed by atoms with Crippen molar-refractivity contribution in [3.8, 4) is 5.75 Å². The average molecular weight is 445 g/mol. The number of ether oxygens (including phenoxy) is 2. The van der Waals surface area contributed by atoms with Gasteiger partial charge < -0.3 is 14.4 Å². The Morgan fingerprint density at radius 1 is 1.03 bits per heavy atom. The van der Waals surface area contributed by atoms with Gasteiger partial charge in [0.15, 0.2) is 0 Å². The highest BCUT2D eigenvalue weighted by Crippen LogP contribution is 2.24. The fraction of sp³-hybridized carbons (Fsp3) is 0.435. The van der Waals surface area contributed by atoms with E-state index >= 15 is 0 Å². The van der Waals surface area contributed by atoms with Gasteiger partial charge in [-0.25, -0.2) is 8.42 Å². The lowest BCUT2D eigenvalue weighted by Crippen LogP contribution is -2.40. The third-order valence-corrected chi connectivity index (χ3v) is 7.85. The maximum Gasteiger partial charge on any atom is 0.243 e. The molecule has 1 amide bonds. The number of rotatable bonds is 6. The second kappa shape index (κ2) is 9.38. The minimum atomic E-state index is -3.49. The number of amides is 1. The molecule has 7 nitrogen and oxygen atoms in total. The molecule has 8 heteroatoms. The molecule has 166 valence electrons. The fourth-order valence-electron chi connectivity index (χ4n) is 4.05. The quantitative estimate of drug-likeness (QED) is 0.683. The van der Waals surface area contributed by atoms with Crippen molar-refractivity contribution < 1.29 is 22.7 Å². The number of carbonyl (C=O) groups excluding carboxylic acids is 1. The van der Waals surface area contributed by atoms with Crippen LogP contribution in [-0.2, 0) is 38.9 Å². The van der Waals surface area contributed by atoms with E-state index in [1.165, 1.54) is 9.87 Å². The second-order valence-corrected chi connectivity index (χ2v) is 9.80. The van der Waals surface area contributed by atoms with Gasteiger partial charge in [0.2, 0.25) is 15.9 Å². The van der Waals surface area contributed by atoms with Crippen molar-refractivity contribution in [1.29, 1.82) is 0 Å². The molecule has 0 spiro atoms. The second-order valence-electron chi connectivity index (χ2n) is 7.86. The molecule has 0 saturated carbocycles. The molecule has 0 radical (unpaired) electrons. The van der Waals surface area contributed by atoms with Gasteiger partial charge in [-0.05, 0) is 53.8 Å². The minimum absolute atomic E-state index is 0.110. The Hall–Kier alpha value is -2.42. The molecular formula is C23H28N2O5S. The van der Waals surface area contributed by atoms with E-state index < -0.39 is 10.0 Å². The standard InChI is InChI=1S/C23H28N2O5S/c1-29-21-6-5-19-10-11-24(17-20(19)16-21)23(26)9-4-18-2-7-22(8-3-18)31(27,28)25-12-14-30-15-13-25/h2-3,5-8,16H,4,9-15,17H2,1H3. The zero-order chi connectivity index (χ0) is 21.8. The highest BCUT2D eigenvalue weighted by molar-refractivity contribution is 7.89. The minimum Gasteiger partial charge on any atom is -0.497 e. The molecule has 1 saturated heterocycles. The number of aryl methyl sites for hydroxylation is 1. The molecule has 0 atom stereocenters. The molecule has 2 heterocycles. The van der Waals surface area contributed by atoms with Crippen LogP contribution in [0.2, 0.25) is 0 Å². The average Bonchev–Trinajstić information content (AvgIpc) is 2.82. The highest BCUT2D eigenvalue weighted by Gasteiger charge is 2.26. The SMILES string of the molecule is COc1ccc2c(c1)CN(C(=O)CCc1ccc(S(=O)(=O)N3CCOCC3)cc1)CC2. The van der Waals surface area contributed by atoms with Crippen LogP contribution in [0.3, 0.4) is 0 Å². The summed E-state index contributed by atoms with van der Waals surface area (Å²) in [5.41, 5.74) is 3.35. The van der Waals surface area contributed by atoms with E-state index in [1.54, 1.807) is 31.4 Å². The number of fused-ring (bicyclic) bond motifs is 1. The molecule has 2 aromatic carbocycles. The van der Waals surface area contributed by atoms with E-state index in [9.17, 15) is 13.2 Å². The molecule has 2 aromatic rings. The Balaban J connectivity index is 1.34. The number of hydrogen-bond donors (Lipinski definition) is 0. The molecule has 0 aliphatic carbocycles. The lowest BCUT2D eigenvalue weighted by molar-refractivity contribution is -0.132. The van der Waals surface area contributed by atoms with Gasteiger partial charge in [-0.15, -0.1) is 0 Å². The van der Waals surface area contributed by atoms with E-state index in [0.29, 0.717) is 45.7 Å². The van der Waals surface area contributed by atoms with Crippen molar-refractivity contribution in [2.24, 2.45) is 0 Å². The number of morpholine rings is 1.